The maximum atomic E-state index is 14.1. The zero-order valence-electron chi connectivity index (χ0n) is 11.8. The number of benzene rings is 1. The van der Waals surface area contributed by atoms with Crippen LogP contribution >= 0.6 is 0 Å². The average molecular weight is 282 g/mol. The van der Waals surface area contributed by atoms with E-state index in [9.17, 15) is 13.2 Å². The number of rotatable bonds is 4. The van der Waals surface area contributed by atoms with Crippen molar-refractivity contribution in [1.82, 2.24) is 4.98 Å². The number of aromatic nitrogens is 1. The highest BCUT2D eigenvalue weighted by Crippen LogP contribution is 2.33. The molecule has 0 saturated carbocycles. The van der Waals surface area contributed by atoms with Crippen LogP contribution in [0, 0.1) is 24.4 Å². The molecular formula is C15H17F3N2. The Bertz CT molecular complexity index is 654. The molecule has 5 heteroatoms. The van der Waals surface area contributed by atoms with Gasteiger partial charge in [-0.2, -0.15) is 0 Å². The van der Waals surface area contributed by atoms with Crippen LogP contribution in [0.4, 0.5) is 18.9 Å². The molecule has 0 bridgehead atoms. The first kappa shape index (κ1) is 14.6. The number of hydrogen-bond donors (Lipinski definition) is 1. The van der Waals surface area contributed by atoms with E-state index in [1.54, 1.807) is 6.92 Å². The van der Waals surface area contributed by atoms with E-state index in [1.807, 2.05) is 13.8 Å². The van der Waals surface area contributed by atoms with Crippen molar-refractivity contribution in [3.05, 3.63) is 34.8 Å². The molecule has 20 heavy (non-hydrogen) atoms. The number of aryl methyl sites for hydroxylation is 1. The predicted octanol–water partition coefficient (Wildman–Crippen LogP) is 4.34. The first-order chi connectivity index (χ1) is 9.51. The van der Waals surface area contributed by atoms with E-state index in [2.05, 4.69) is 10.3 Å². The Morgan fingerprint density at radius 1 is 1.15 bits per heavy atom. The van der Waals surface area contributed by atoms with E-state index < -0.39 is 17.5 Å². The fourth-order valence-corrected chi connectivity index (χ4v) is 2.37. The fourth-order valence-electron chi connectivity index (χ4n) is 2.37. The lowest BCUT2D eigenvalue weighted by Gasteiger charge is -2.16. The summed E-state index contributed by atoms with van der Waals surface area (Å²) in [6, 6.07) is 0.541. The van der Waals surface area contributed by atoms with E-state index >= 15 is 0 Å². The number of anilines is 1. The van der Waals surface area contributed by atoms with Gasteiger partial charge in [0.2, 0.25) is 0 Å². The number of halogens is 3. The second-order valence-corrected chi connectivity index (χ2v) is 4.71. The minimum atomic E-state index is -1.19. The summed E-state index contributed by atoms with van der Waals surface area (Å²) in [4.78, 5) is 4.09. The van der Waals surface area contributed by atoms with Crippen molar-refractivity contribution >= 4 is 16.6 Å². The minimum Gasteiger partial charge on any atom is -0.384 e. The zero-order chi connectivity index (χ0) is 14.9. The molecule has 0 saturated heterocycles. The molecule has 1 N–H and O–H groups in total. The number of nitrogens with zero attached hydrogens (tertiary/aromatic N) is 1. The Kier molecular flexibility index (Phi) is 4.16. The molecular weight excluding hydrogens is 265 g/mol. The lowest BCUT2D eigenvalue weighted by atomic mass is 10.0. The Morgan fingerprint density at radius 3 is 2.45 bits per heavy atom. The van der Waals surface area contributed by atoms with Crippen molar-refractivity contribution in [1.29, 1.82) is 0 Å². The van der Waals surface area contributed by atoms with Crippen molar-refractivity contribution in [2.75, 3.05) is 11.9 Å². The van der Waals surface area contributed by atoms with Crippen LogP contribution in [-0.4, -0.2) is 11.5 Å². The third-order valence-electron chi connectivity index (χ3n) is 3.32. The summed E-state index contributed by atoms with van der Waals surface area (Å²) in [5.74, 6) is -3.09. The molecule has 2 nitrogen and oxygen atoms in total. The van der Waals surface area contributed by atoms with Gasteiger partial charge in [-0.05, 0) is 25.3 Å². The van der Waals surface area contributed by atoms with Crippen molar-refractivity contribution in [2.24, 2.45) is 0 Å². The molecule has 0 aliphatic rings. The lowest BCUT2D eigenvalue weighted by Crippen LogP contribution is -2.09. The smallest absolute Gasteiger partial charge is 0.170 e. The van der Waals surface area contributed by atoms with Crippen LogP contribution in [0.3, 0.4) is 0 Å². The molecule has 2 rings (SSSR count). The summed E-state index contributed by atoms with van der Waals surface area (Å²) in [6.45, 7) is 6.21. The third kappa shape index (κ3) is 2.32. The van der Waals surface area contributed by atoms with Gasteiger partial charge in [0.25, 0.3) is 0 Å². The summed E-state index contributed by atoms with van der Waals surface area (Å²) in [5.41, 5.74) is 1.74. The molecule has 108 valence electrons. The highest BCUT2D eigenvalue weighted by Gasteiger charge is 2.20. The normalized spacial score (nSPS) is 11.1. The molecule has 0 amide bonds. The number of nitrogens with one attached hydrogen (secondary N) is 1. The van der Waals surface area contributed by atoms with Crippen LogP contribution in [0.25, 0.3) is 10.9 Å². The summed E-state index contributed by atoms with van der Waals surface area (Å²) in [5, 5.41) is 2.98. The Balaban J connectivity index is 2.87. The van der Waals surface area contributed by atoms with Gasteiger partial charge in [0, 0.05) is 18.3 Å². The van der Waals surface area contributed by atoms with Gasteiger partial charge < -0.3 is 5.32 Å². The van der Waals surface area contributed by atoms with Crippen molar-refractivity contribution in [3.8, 4) is 0 Å². The van der Waals surface area contributed by atoms with Crippen LogP contribution in [0.5, 0.6) is 0 Å². The van der Waals surface area contributed by atoms with Crippen LogP contribution in [-0.2, 0) is 6.42 Å². The van der Waals surface area contributed by atoms with Gasteiger partial charge in [0.05, 0.1) is 11.1 Å². The molecule has 0 atom stereocenters. The van der Waals surface area contributed by atoms with Gasteiger partial charge in [-0.25, -0.2) is 18.2 Å². The maximum absolute atomic E-state index is 14.1. The molecule has 1 aromatic carbocycles. The van der Waals surface area contributed by atoms with E-state index in [4.69, 9.17) is 0 Å². The van der Waals surface area contributed by atoms with E-state index in [-0.39, 0.29) is 10.9 Å². The molecule has 2 aromatic rings. The second-order valence-electron chi connectivity index (χ2n) is 4.71. The van der Waals surface area contributed by atoms with Crippen molar-refractivity contribution in [3.63, 3.8) is 0 Å². The lowest BCUT2D eigenvalue weighted by molar-refractivity contribution is 0.505. The molecule has 1 aromatic heterocycles. The van der Waals surface area contributed by atoms with Crippen LogP contribution in [0.15, 0.2) is 6.07 Å². The number of pyridine rings is 1. The average Bonchev–Trinajstić information content (AvgIpc) is 2.42. The maximum Gasteiger partial charge on any atom is 0.170 e. The summed E-state index contributed by atoms with van der Waals surface area (Å²) < 4.78 is 41.4. The quantitative estimate of drug-likeness (QED) is 0.843. The monoisotopic (exact) mass is 282 g/mol. The van der Waals surface area contributed by atoms with Gasteiger partial charge in [-0.3, -0.25) is 0 Å². The largest absolute Gasteiger partial charge is 0.384 e. The van der Waals surface area contributed by atoms with E-state index in [1.165, 1.54) is 0 Å². The van der Waals surface area contributed by atoms with Crippen molar-refractivity contribution < 1.29 is 13.2 Å². The highest BCUT2D eigenvalue weighted by molar-refractivity contribution is 5.94. The molecule has 0 aliphatic heterocycles. The van der Waals surface area contributed by atoms with Crippen LogP contribution < -0.4 is 5.32 Å². The molecule has 0 aliphatic carbocycles. The topological polar surface area (TPSA) is 24.9 Å². The SMILES string of the molecule is CCCNc1c(CC)c(C)nc2c(F)cc(F)c(F)c12. The van der Waals surface area contributed by atoms with Crippen molar-refractivity contribution in [2.45, 2.75) is 33.6 Å². The van der Waals surface area contributed by atoms with E-state index in [0.29, 0.717) is 30.4 Å². The Hall–Kier alpha value is -1.78. The number of fused-ring (bicyclic) bond motifs is 1. The van der Waals surface area contributed by atoms with Gasteiger partial charge in [-0.1, -0.05) is 13.8 Å². The third-order valence-corrected chi connectivity index (χ3v) is 3.32. The van der Waals surface area contributed by atoms with Gasteiger partial charge in [-0.15, -0.1) is 0 Å². The fraction of sp³-hybridized carbons (Fsp3) is 0.400. The van der Waals surface area contributed by atoms with Crippen LogP contribution in [0.1, 0.15) is 31.5 Å². The standard InChI is InChI=1S/C15H17F3N2/c1-4-6-19-14-9(5-2)8(3)20-15-11(17)7-10(16)13(18)12(14)15/h7H,4-6H2,1-3H3,(H,19,20). The van der Waals surface area contributed by atoms with Gasteiger partial charge in [0.15, 0.2) is 17.5 Å². The summed E-state index contributed by atoms with van der Waals surface area (Å²) >= 11 is 0. The second kappa shape index (κ2) is 5.69. The Morgan fingerprint density at radius 2 is 1.85 bits per heavy atom. The summed E-state index contributed by atoms with van der Waals surface area (Å²) in [6.07, 6.45) is 1.43. The molecule has 0 fully saturated rings. The van der Waals surface area contributed by atoms with Gasteiger partial charge >= 0.3 is 0 Å². The minimum absolute atomic E-state index is 0.0987. The molecule has 1 heterocycles. The molecule has 0 radical (unpaired) electrons. The van der Waals surface area contributed by atoms with Crippen LogP contribution in [0.2, 0.25) is 0 Å². The molecule has 0 unspecified atom stereocenters. The highest BCUT2D eigenvalue weighted by atomic mass is 19.2. The molecule has 0 spiro atoms. The Labute approximate surface area is 116 Å². The number of hydrogen-bond acceptors (Lipinski definition) is 2. The van der Waals surface area contributed by atoms with Gasteiger partial charge in [0.1, 0.15) is 5.52 Å². The first-order valence-corrected chi connectivity index (χ1v) is 6.71. The zero-order valence-corrected chi connectivity index (χ0v) is 11.8. The first-order valence-electron chi connectivity index (χ1n) is 6.71. The van der Waals surface area contributed by atoms with E-state index in [0.717, 1.165) is 12.0 Å². The predicted molar refractivity (Wildman–Crippen MR) is 74.5 cm³/mol. The summed E-state index contributed by atoms with van der Waals surface area (Å²) in [7, 11) is 0.